The van der Waals surface area contributed by atoms with Gasteiger partial charge in [-0.2, -0.15) is 12.1 Å². The second kappa shape index (κ2) is 8.48. The third kappa shape index (κ3) is 4.80. The normalized spacial score (nSPS) is 10.6. The molecule has 1 heterocycles. The predicted octanol–water partition coefficient (Wildman–Crippen LogP) is 4.60. The van der Waals surface area contributed by atoms with Crippen LogP contribution in [0.15, 0.2) is 33.5 Å². The number of hydrogen-bond donors (Lipinski definition) is 0. The van der Waals surface area contributed by atoms with Crippen LogP contribution in [0.1, 0.15) is 0 Å². The van der Waals surface area contributed by atoms with Crippen LogP contribution in [0.5, 0.6) is 0 Å². The monoisotopic (exact) mass is 561 g/mol. The molecule has 0 aliphatic heterocycles. The van der Waals surface area contributed by atoms with Gasteiger partial charge in [-0.1, -0.05) is 44.9 Å². The van der Waals surface area contributed by atoms with E-state index in [0.717, 1.165) is 9.04 Å². The van der Waals surface area contributed by atoms with Crippen molar-refractivity contribution >= 4 is 50.1 Å². The molecule has 0 unspecified atom stereocenters. The molecule has 109 valence electrons. The Morgan fingerprint density at radius 3 is 2.67 bits per heavy atom. The number of nitrogens with zero attached hydrogens (tertiary/aromatic N) is 1. The maximum Gasteiger partial charge on any atom is 0.256 e. The van der Waals surface area contributed by atoms with Crippen molar-refractivity contribution in [3.05, 3.63) is 53.8 Å². The van der Waals surface area contributed by atoms with Gasteiger partial charge < -0.3 is 4.57 Å². The first-order valence-electron chi connectivity index (χ1n) is 5.44. The SMILES string of the molecule is O=c1c(I)c[c-]c(-c2ccc(Br)cc2Cl)n1CC(F)F.[Y]. The molecule has 0 fully saturated rings. The van der Waals surface area contributed by atoms with E-state index in [2.05, 4.69) is 22.0 Å². The van der Waals surface area contributed by atoms with Crippen LogP contribution in [0.4, 0.5) is 8.78 Å². The summed E-state index contributed by atoms with van der Waals surface area (Å²) in [4.78, 5) is 12.0. The fourth-order valence-corrected chi connectivity index (χ4v) is 2.93. The van der Waals surface area contributed by atoms with Gasteiger partial charge in [0.2, 0.25) is 5.56 Å². The van der Waals surface area contributed by atoms with Crippen molar-refractivity contribution in [1.29, 1.82) is 0 Å². The van der Waals surface area contributed by atoms with E-state index in [9.17, 15) is 13.6 Å². The number of rotatable bonds is 3. The van der Waals surface area contributed by atoms with Gasteiger partial charge in [0.05, 0.1) is 6.54 Å². The zero-order valence-corrected chi connectivity index (χ0v) is 17.8. The first-order valence-corrected chi connectivity index (χ1v) is 7.69. The van der Waals surface area contributed by atoms with Gasteiger partial charge in [-0.3, -0.25) is 4.79 Å². The summed E-state index contributed by atoms with van der Waals surface area (Å²) in [6.45, 7) is -0.687. The molecule has 0 bridgehead atoms. The Bertz CT molecular complexity index is 711. The van der Waals surface area contributed by atoms with Gasteiger partial charge in [0.25, 0.3) is 6.43 Å². The molecule has 1 aromatic heterocycles. The first kappa shape index (κ1) is 19.7. The van der Waals surface area contributed by atoms with Gasteiger partial charge in [-0.15, -0.1) is 28.7 Å². The quantitative estimate of drug-likeness (QED) is 0.396. The number of aromatic nitrogens is 1. The molecule has 2 aromatic rings. The molecule has 1 aromatic carbocycles. The minimum absolute atomic E-state index is 0. The topological polar surface area (TPSA) is 22.0 Å². The van der Waals surface area contributed by atoms with E-state index in [1.165, 1.54) is 6.07 Å². The average Bonchev–Trinajstić information content (AvgIpc) is 2.36. The minimum Gasteiger partial charge on any atom is -0.336 e. The van der Waals surface area contributed by atoms with Crippen LogP contribution in [0.2, 0.25) is 5.02 Å². The van der Waals surface area contributed by atoms with Gasteiger partial charge in [-0.25, -0.2) is 8.78 Å². The van der Waals surface area contributed by atoms with Crippen LogP contribution in [-0.2, 0) is 39.3 Å². The molecule has 21 heavy (non-hydrogen) atoms. The molecule has 2 nitrogen and oxygen atoms in total. The number of hydrogen-bond acceptors (Lipinski definition) is 1. The maximum atomic E-state index is 12.7. The third-order valence-corrected chi connectivity index (χ3v) is 4.14. The van der Waals surface area contributed by atoms with E-state index in [0.29, 0.717) is 14.2 Å². The van der Waals surface area contributed by atoms with Gasteiger partial charge >= 0.3 is 0 Å². The Morgan fingerprint density at radius 1 is 1.43 bits per heavy atom. The van der Waals surface area contributed by atoms with E-state index < -0.39 is 18.5 Å². The Labute approximate surface area is 172 Å². The molecule has 0 amide bonds. The van der Waals surface area contributed by atoms with Crippen molar-refractivity contribution in [2.24, 2.45) is 0 Å². The zero-order valence-electron chi connectivity index (χ0n) is 10.4. The van der Waals surface area contributed by atoms with Crippen molar-refractivity contribution in [3.8, 4) is 11.3 Å². The minimum atomic E-state index is -2.63. The summed E-state index contributed by atoms with van der Waals surface area (Å²) in [5.41, 5.74) is 0.274. The molecule has 0 N–H and O–H groups in total. The number of halogens is 5. The van der Waals surface area contributed by atoms with Crippen molar-refractivity contribution in [3.63, 3.8) is 0 Å². The Balaban J connectivity index is 0.00000220. The van der Waals surface area contributed by atoms with Crippen LogP contribution in [0.3, 0.4) is 0 Å². The van der Waals surface area contributed by atoms with Crippen molar-refractivity contribution in [1.82, 2.24) is 4.57 Å². The summed E-state index contributed by atoms with van der Waals surface area (Å²) in [7, 11) is 0. The Hall–Kier alpha value is 0.634. The predicted molar refractivity (Wildman–Crippen MR) is 86.4 cm³/mol. The molecular formula is C13H7BrClF2INOY-. The summed E-state index contributed by atoms with van der Waals surface area (Å²) in [6.07, 6.45) is -2.63. The number of benzene rings is 1. The average molecular weight is 562 g/mol. The summed E-state index contributed by atoms with van der Waals surface area (Å²) in [5.74, 6) is 0. The van der Waals surface area contributed by atoms with E-state index in [1.54, 1.807) is 40.8 Å². The van der Waals surface area contributed by atoms with Crippen LogP contribution < -0.4 is 5.56 Å². The van der Waals surface area contributed by atoms with E-state index >= 15 is 0 Å². The van der Waals surface area contributed by atoms with Crippen molar-refractivity contribution in [2.75, 3.05) is 0 Å². The molecule has 2 rings (SSSR count). The smallest absolute Gasteiger partial charge is 0.256 e. The molecule has 1 radical (unpaired) electrons. The zero-order chi connectivity index (χ0) is 14.9. The standard InChI is InChI=1S/C13H7BrClF2INO.Y/c14-7-1-2-8(9(15)5-7)11-4-3-10(18)13(20)19(11)6-12(16)17;/h1-3,5,12H,6H2;/q-1;. The fraction of sp³-hybridized carbons (Fsp3) is 0.154. The van der Waals surface area contributed by atoms with Gasteiger partial charge in [0.15, 0.2) is 0 Å². The van der Waals surface area contributed by atoms with E-state index in [4.69, 9.17) is 11.6 Å². The molecule has 0 atom stereocenters. The van der Waals surface area contributed by atoms with Crippen LogP contribution in [0, 0.1) is 9.64 Å². The Kier molecular flexibility index (Phi) is 7.94. The van der Waals surface area contributed by atoms with Gasteiger partial charge in [0, 0.05) is 37.2 Å². The third-order valence-electron chi connectivity index (χ3n) is 2.56. The first-order chi connectivity index (χ1) is 9.40. The summed E-state index contributed by atoms with van der Waals surface area (Å²) in [6, 6.07) is 9.35. The molecule has 0 saturated carbocycles. The molecule has 0 saturated heterocycles. The van der Waals surface area contributed by atoms with E-state index in [1.807, 2.05) is 0 Å². The van der Waals surface area contributed by atoms with Crippen LogP contribution >= 0.6 is 50.1 Å². The number of alkyl halides is 2. The molecule has 0 aliphatic carbocycles. The van der Waals surface area contributed by atoms with Crippen LogP contribution in [0.25, 0.3) is 11.3 Å². The fourth-order valence-electron chi connectivity index (χ4n) is 1.72. The van der Waals surface area contributed by atoms with Crippen molar-refractivity contribution in [2.45, 2.75) is 13.0 Å². The van der Waals surface area contributed by atoms with Crippen molar-refractivity contribution < 1.29 is 41.5 Å². The maximum absolute atomic E-state index is 12.7. The van der Waals surface area contributed by atoms with Gasteiger partial charge in [0.1, 0.15) is 0 Å². The summed E-state index contributed by atoms with van der Waals surface area (Å²) in [5, 5.41) is 0.360. The van der Waals surface area contributed by atoms with Gasteiger partial charge in [-0.05, 0) is 14.7 Å². The van der Waals surface area contributed by atoms with Crippen LogP contribution in [-0.4, -0.2) is 11.0 Å². The molecule has 8 heteroatoms. The Morgan fingerprint density at radius 2 is 2.10 bits per heavy atom. The van der Waals surface area contributed by atoms with E-state index in [-0.39, 0.29) is 38.4 Å². The largest absolute Gasteiger partial charge is 0.336 e. The second-order valence-corrected chi connectivity index (χ2v) is 6.40. The molecule has 0 spiro atoms. The number of pyridine rings is 1. The molecule has 0 aliphatic rings. The summed E-state index contributed by atoms with van der Waals surface area (Å²) < 4.78 is 27.5. The molecular weight excluding hydrogens is 555 g/mol. The summed E-state index contributed by atoms with van der Waals surface area (Å²) >= 11 is 11.2. The second-order valence-electron chi connectivity index (χ2n) is 3.92.